The molecule has 7 heteroatoms. The summed E-state index contributed by atoms with van der Waals surface area (Å²) in [6.07, 6.45) is -4.58. The molecule has 1 amide bonds. The van der Waals surface area contributed by atoms with E-state index in [0.29, 0.717) is 12.0 Å². The minimum Gasteiger partial charge on any atom is -0.394 e. The van der Waals surface area contributed by atoms with Crippen LogP contribution in [0.4, 0.5) is 13.2 Å². The zero-order valence-electron chi connectivity index (χ0n) is 13.9. The molecule has 130 valence electrons. The highest BCUT2D eigenvalue weighted by atomic mass is 28.3. The van der Waals surface area contributed by atoms with E-state index in [-0.39, 0.29) is 6.54 Å². The Kier molecular flexibility index (Phi) is 6.41. The van der Waals surface area contributed by atoms with Crippen LogP contribution in [-0.4, -0.2) is 42.4 Å². The van der Waals surface area contributed by atoms with Crippen LogP contribution >= 0.6 is 0 Å². The minimum atomic E-state index is -4.96. The van der Waals surface area contributed by atoms with Crippen LogP contribution < -0.4 is 0 Å². The van der Waals surface area contributed by atoms with Crippen LogP contribution in [0.2, 0.25) is 19.6 Å². The van der Waals surface area contributed by atoms with Crippen molar-refractivity contribution in [1.82, 2.24) is 4.90 Å². The molecule has 0 aliphatic heterocycles. The predicted molar refractivity (Wildman–Crippen MR) is 86.6 cm³/mol. The van der Waals surface area contributed by atoms with Gasteiger partial charge in [0, 0.05) is 6.54 Å². The van der Waals surface area contributed by atoms with Crippen molar-refractivity contribution in [3.63, 3.8) is 0 Å². The summed E-state index contributed by atoms with van der Waals surface area (Å²) in [7, 11) is -2.21. The highest BCUT2D eigenvalue weighted by Gasteiger charge is 2.47. The lowest BCUT2D eigenvalue weighted by molar-refractivity contribution is -0.189. The largest absolute Gasteiger partial charge is 0.471 e. The quantitative estimate of drug-likeness (QED) is 0.796. The van der Waals surface area contributed by atoms with Crippen molar-refractivity contribution < 1.29 is 23.1 Å². The number of rotatable bonds is 6. The third-order valence-corrected chi connectivity index (χ3v) is 5.72. The number of halogens is 3. The molecule has 0 bridgehead atoms. The summed E-state index contributed by atoms with van der Waals surface area (Å²) >= 11 is 0. The van der Waals surface area contributed by atoms with Crippen LogP contribution in [0, 0.1) is 0 Å². The third kappa shape index (κ3) is 5.07. The van der Waals surface area contributed by atoms with Gasteiger partial charge < -0.3 is 10.0 Å². The van der Waals surface area contributed by atoms with Gasteiger partial charge in [-0.1, -0.05) is 56.9 Å². The number of carbonyl (C=O) groups is 1. The van der Waals surface area contributed by atoms with E-state index in [1.54, 1.807) is 37.3 Å². The van der Waals surface area contributed by atoms with Crippen LogP contribution in [0.1, 0.15) is 24.9 Å². The van der Waals surface area contributed by atoms with Crippen molar-refractivity contribution >= 4 is 14.0 Å². The van der Waals surface area contributed by atoms with E-state index in [9.17, 15) is 23.1 Å². The number of amides is 1. The normalized spacial score (nSPS) is 15.1. The van der Waals surface area contributed by atoms with Crippen LogP contribution in [-0.2, 0) is 4.79 Å². The zero-order valence-corrected chi connectivity index (χ0v) is 14.9. The average Bonchev–Trinajstić information content (AvgIpc) is 2.45. The molecule has 23 heavy (non-hydrogen) atoms. The van der Waals surface area contributed by atoms with Gasteiger partial charge in [0.15, 0.2) is 0 Å². The van der Waals surface area contributed by atoms with Gasteiger partial charge in [-0.2, -0.15) is 13.2 Å². The fourth-order valence-electron chi connectivity index (χ4n) is 2.43. The van der Waals surface area contributed by atoms with Gasteiger partial charge in [0.05, 0.1) is 19.8 Å². The molecule has 0 aliphatic rings. The lowest BCUT2D eigenvalue weighted by Crippen LogP contribution is -2.53. The Morgan fingerprint density at radius 1 is 1.22 bits per heavy atom. The van der Waals surface area contributed by atoms with Crippen LogP contribution in [0.3, 0.4) is 0 Å². The highest BCUT2D eigenvalue weighted by molar-refractivity contribution is 6.77. The summed E-state index contributed by atoms with van der Waals surface area (Å²) in [5.74, 6) is -1.90. The highest BCUT2D eigenvalue weighted by Crippen LogP contribution is 2.33. The number of hydrogen-bond acceptors (Lipinski definition) is 2. The maximum Gasteiger partial charge on any atom is 0.471 e. The topological polar surface area (TPSA) is 40.5 Å². The van der Waals surface area contributed by atoms with Gasteiger partial charge in [-0.25, -0.2) is 0 Å². The number of aliphatic hydroxyl groups is 1. The van der Waals surface area contributed by atoms with Gasteiger partial charge in [0.2, 0.25) is 0 Å². The first-order valence-electron chi connectivity index (χ1n) is 7.61. The molecule has 0 saturated heterocycles. The molecule has 1 aromatic carbocycles. The first kappa shape index (κ1) is 19.7. The average molecular weight is 347 g/mol. The molecule has 3 nitrogen and oxygen atoms in total. The van der Waals surface area contributed by atoms with Crippen LogP contribution in [0.15, 0.2) is 30.3 Å². The maximum absolute atomic E-state index is 13.0. The molecule has 1 rings (SSSR count). The van der Waals surface area contributed by atoms with Crippen molar-refractivity contribution in [3.05, 3.63) is 35.9 Å². The van der Waals surface area contributed by atoms with Gasteiger partial charge in [-0.15, -0.1) is 0 Å². The van der Waals surface area contributed by atoms with Crippen molar-refractivity contribution in [2.75, 3.05) is 6.54 Å². The molecule has 1 aromatic rings. The molecule has 0 aromatic heterocycles. The van der Waals surface area contributed by atoms with Gasteiger partial charge in [0.25, 0.3) is 0 Å². The van der Waals surface area contributed by atoms with Gasteiger partial charge in [0.1, 0.15) is 0 Å². The number of benzene rings is 1. The van der Waals surface area contributed by atoms with Crippen molar-refractivity contribution in [2.45, 2.75) is 50.9 Å². The monoisotopic (exact) mass is 347 g/mol. The Labute approximate surface area is 136 Å². The molecule has 0 heterocycles. The molecule has 1 N–H and O–H groups in total. The molecule has 0 saturated carbocycles. The molecule has 0 aliphatic carbocycles. The fraction of sp³-hybridized carbons (Fsp3) is 0.562. The number of hydrogen-bond donors (Lipinski definition) is 1. The second-order valence-electron chi connectivity index (χ2n) is 6.66. The Bertz CT molecular complexity index is 514. The molecular weight excluding hydrogens is 323 g/mol. The second-order valence-corrected chi connectivity index (χ2v) is 12.0. The SMILES string of the molecule is CCCN(C(=O)C(F)(F)F)[C@H](c1ccccc1)[C@H](O)[Si](C)(C)C. The maximum atomic E-state index is 13.0. The summed E-state index contributed by atoms with van der Waals surface area (Å²) in [6.45, 7) is 7.26. The third-order valence-electron chi connectivity index (χ3n) is 3.63. The van der Waals surface area contributed by atoms with E-state index in [1.807, 2.05) is 19.6 Å². The lowest BCUT2D eigenvalue weighted by atomic mass is 10.1. The van der Waals surface area contributed by atoms with Gasteiger partial charge >= 0.3 is 12.1 Å². The summed E-state index contributed by atoms with van der Waals surface area (Å²) in [5.41, 5.74) is -0.476. The minimum absolute atomic E-state index is 0.0561. The number of nitrogens with zero attached hydrogens (tertiary/aromatic N) is 1. The second kappa shape index (κ2) is 7.48. The Balaban J connectivity index is 3.37. The summed E-state index contributed by atoms with van der Waals surface area (Å²) in [6, 6.07) is 7.46. The van der Waals surface area contributed by atoms with Crippen molar-refractivity contribution in [3.8, 4) is 0 Å². The van der Waals surface area contributed by atoms with E-state index < -0.39 is 31.9 Å². The van der Waals surface area contributed by atoms with E-state index in [2.05, 4.69) is 0 Å². The number of aliphatic hydroxyl groups excluding tert-OH is 1. The molecule has 0 spiro atoms. The standard InChI is InChI=1S/C16H24F3NO2Si/c1-5-11-20(15(22)16(17,18)19)13(14(21)23(2,3)4)12-9-7-6-8-10-12/h6-10,13-14,21H,5,11H2,1-4H3/t13-,14-/m1/s1. The fourth-order valence-corrected chi connectivity index (χ4v) is 3.75. The van der Waals surface area contributed by atoms with E-state index in [4.69, 9.17) is 0 Å². The van der Waals surface area contributed by atoms with Gasteiger partial charge in [-0.3, -0.25) is 4.79 Å². The molecule has 0 radical (unpaired) electrons. The van der Waals surface area contributed by atoms with Crippen molar-refractivity contribution in [1.29, 1.82) is 0 Å². The van der Waals surface area contributed by atoms with Crippen LogP contribution in [0.5, 0.6) is 0 Å². The van der Waals surface area contributed by atoms with Gasteiger partial charge in [-0.05, 0) is 12.0 Å². The molecule has 0 fully saturated rings. The molecular formula is C16H24F3NO2Si. The molecule has 0 unspecified atom stereocenters. The summed E-state index contributed by atoms with van der Waals surface area (Å²) < 4.78 is 39.0. The van der Waals surface area contributed by atoms with Crippen LogP contribution in [0.25, 0.3) is 0 Å². The summed E-state index contributed by atoms with van der Waals surface area (Å²) in [4.78, 5) is 12.7. The van der Waals surface area contributed by atoms with E-state index in [0.717, 1.165) is 4.90 Å². The Hall–Kier alpha value is -1.34. The predicted octanol–water partition coefficient (Wildman–Crippen LogP) is 3.77. The van der Waals surface area contributed by atoms with Crippen molar-refractivity contribution in [2.24, 2.45) is 0 Å². The van der Waals surface area contributed by atoms with E-state index >= 15 is 0 Å². The Morgan fingerprint density at radius 3 is 2.13 bits per heavy atom. The van der Waals surface area contributed by atoms with E-state index in [1.165, 1.54) is 0 Å². The Morgan fingerprint density at radius 2 is 1.74 bits per heavy atom. The summed E-state index contributed by atoms with van der Waals surface area (Å²) in [5, 5.41) is 10.7. The smallest absolute Gasteiger partial charge is 0.394 e. The first-order valence-corrected chi connectivity index (χ1v) is 11.2. The zero-order chi connectivity index (χ0) is 17.8. The lowest BCUT2D eigenvalue weighted by Gasteiger charge is -2.40. The number of carbonyl (C=O) groups excluding carboxylic acids is 1. The first-order chi connectivity index (χ1) is 10.5. The number of alkyl halides is 3. The molecule has 2 atom stereocenters.